The fourth-order valence-electron chi connectivity index (χ4n) is 3.69. The van der Waals surface area contributed by atoms with E-state index in [1.54, 1.807) is 18.2 Å². The van der Waals surface area contributed by atoms with Gasteiger partial charge in [-0.25, -0.2) is 0 Å². The third-order valence-electron chi connectivity index (χ3n) is 5.44. The highest BCUT2D eigenvalue weighted by molar-refractivity contribution is 7.99. The van der Waals surface area contributed by atoms with Gasteiger partial charge in [-0.2, -0.15) is 0 Å². The number of amides is 1. The summed E-state index contributed by atoms with van der Waals surface area (Å²) in [5, 5.41) is 9.33. The molecule has 1 aliphatic heterocycles. The molecule has 0 radical (unpaired) electrons. The van der Waals surface area contributed by atoms with Gasteiger partial charge in [-0.05, 0) is 29.8 Å². The van der Waals surface area contributed by atoms with E-state index in [1.165, 1.54) is 11.8 Å². The molecule has 2 aromatic carbocycles. The van der Waals surface area contributed by atoms with E-state index in [0.717, 1.165) is 11.3 Å². The smallest absolute Gasteiger partial charge is 0.232 e. The maximum Gasteiger partial charge on any atom is 0.232 e. The Morgan fingerprint density at radius 3 is 2.65 bits per heavy atom. The molecule has 1 aliphatic rings. The number of benzene rings is 2. The fourth-order valence-corrected chi connectivity index (χ4v) is 4.57. The Morgan fingerprint density at radius 1 is 1.06 bits per heavy atom. The van der Waals surface area contributed by atoms with Gasteiger partial charge in [0.2, 0.25) is 11.7 Å². The number of para-hydroxylation sites is 2. The van der Waals surface area contributed by atoms with Crippen LogP contribution in [-0.2, 0) is 11.3 Å². The van der Waals surface area contributed by atoms with E-state index in [9.17, 15) is 4.79 Å². The van der Waals surface area contributed by atoms with Gasteiger partial charge in [0.25, 0.3) is 0 Å². The summed E-state index contributed by atoms with van der Waals surface area (Å²) in [5.41, 5.74) is 1.11. The van der Waals surface area contributed by atoms with Crippen molar-refractivity contribution < 1.29 is 18.7 Å². The average Bonchev–Trinajstić information content (AvgIpc) is 3.53. The van der Waals surface area contributed by atoms with Crippen LogP contribution in [0.25, 0.3) is 11.6 Å². The maximum atomic E-state index is 12.9. The molecule has 5 rings (SSSR count). The van der Waals surface area contributed by atoms with E-state index in [1.807, 2.05) is 71.3 Å². The van der Waals surface area contributed by atoms with Gasteiger partial charge in [0.1, 0.15) is 6.61 Å². The van der Waals surface area contributed by atoms with Crippen molar-refractivity contribution in [3.8, 4) is 23.1 Å². The molecule has 0 fully saturated rings. The van der Waals surface area contributed by atoms with Crippen LogP contribution in [0.3, 0.4) is 0 Å². The minimum Gasteiger partial charge on any atom is -0.486 e. The second-order valence-corrected chi connectivity index (χ2v) is 8.86. The van der Waals surface area contributed by atoms with E-state index >= 15 is 0 Å². The Kier molecular flexibility index (Phi) is 6.53. The SMILES string of the molecule is CN(C[C@@H]1COc2ccccc2O1)C(=O)CSc1nnc(-c2ccco2)n1Cc1ccccc1. The lowest BCUT2D eigenvalue weighted by molar-refractivity contribution is -0.128. The highest BCUT2D eigenvalue weighted by Crippen LogP contribution is 2.31. The number of aromatic nitrogens is 3. The number of furan rings is 1. The summed E-state index contributed by atoms with van der Waals surface area (Å²) in [7, 11) is 1.77. The van der Waals surface area contributed by atoms with Crippen molar-refractivity contribution in [1.29, 1.82) is 0 Å². The molecule has 2 aromatic heterocycles. The molecular formula is C25H24N4O4S. The first kappa shape index (κ1) is 22.1. The highest BCUT2D eigenvalue weighted by Gasteiger charge is 2.24. The first-order valence-corrected chi connectivity index (χ1v) is 11.9. The van der Waals surface area contributed by atoms with E-state index in [2.05, 4.69) is 10.2 Å². The summed E-state index contributed by atoms with van der Waals surface area (Å²) < 4.78 is 19.3. The zero-order valence-electron chi connectivity index (χ0n) is 18.7. The number of carbonyl (C=O) groups is 1. The largest absolute Gasteiger partial charge is 0.486 e. The summed E-state index contributed by atoms with van der Waals surface area (Å²) in [6.45, 7) is 1.41. The number of thioether (sulfide) groups is 1. The van der Waals surface area contributed by atoms with Crippen molar-refractivity contribution in [2.45, 2.75) is 17.8 Å². The Morgan fingerprint density at radius 2 is 1.85 bits per heavy atom. The van der Waals surface area contributed by atoms with Gasteiger partial charge in [-0.3, -0.25) is 9.36 Å². The quantitative estimate of drug-likeness (QED) is 0.356. The first-order chi connectivity index (χ1) is 16.7. The number of hydrogen-bond donors (Lipinski definition) is 0. The third kappa shape index (κ3) is 4.94. The van der Waals surface area contributed by atoms with Gasteiger partial charge in [-0.15, -0.1) is 10.2 Å². The predicted octanol–water partition coefficient (Wildman–Crippen LogP) is 3.98. The van der Waals surface area contributed by atoms with Crippen LogP contribution in [0, 0.1) is 0 Å². The summed E-state index contributed by atoms with van der Waals surface area (Å²) >= 11 is 1.36. The molecular weight excluding hydrogens is 452 g/mol. The van der Waals surface area contributed by atoms with Crippen molar-refractivity contribution in [2.75, 3.05) is 26.0 Å². The van der Waals surface area contributed by atoms with Crippen LogP contribution in [0.5, 0.6) is 11.5 Å². The van der Waals surface area contributed by atoms with E-state index in [-0.39, 0.29) is 17.8 Å². The highest BCUT2D eigenvalue weighted by atomic mass is 32.2. The topological polar surface area (TPSA) is 82.6 Å². The van der Waals surface area contributed by atoms with E-state index < -0.39 is 0 Å². The summed E-state index contributed by atoms with van der Waals surface area (Å²) in [4.78, 5) is 14.5. The molecule has 8 nitrogen and oxygen atoms in total. The number of carbonyl (C=O) groups excluding carboxylic acids is 1. The minimum atomic E-state index is -0.221. The zero-order chi connectivity index (χ0) is 23.3. The van der Waals surface area contributed by atoms with Gasteiger partial charge >= 0.3 is 0 Å². The van der Waals surface area contributed by atoms with Crippen molar-refractivity contribution >= 4 is 17.7 Å². The summed E-state index contributed by atoms with van der Waals surface area (Å²) in [6, 6.07) is 21.3. The number of nitrogens with zero attached hydrogens (tertiary/aromatic N) is 4. The Bertz CT molecular complexity index is 1240. The van der Waals surface area contributed by atoms with Crippen LogP contribution in [-0.4, -0.2) is 57.6 Å². The lowest BCUT2D eigenvalue weighted by Gasteiger charge is -2.29. The van der Waals surface area contributed by atoms with Crippen LogP contribution in [0.2, 0.25) is 0 Å². The number of rotatable bonds is 8. The molecule has 0 bridgehead atoms. The van der Waals surface area contributed by atoms with Crippen molar-refractivity contribution in [3.63, 3.8) is 0 Å². The monoisotopic (exact) mass is 476 g/mol. The standard InChI is InChI=1S/C25H24N4O4S/c1-28(15-19-16-32-20-10-5-6-11-21(20)33-19)23(30)17-34-25-27-26-24(22-12-7-13-31-22)29(25)14-18-8-3-2-4-9-18/h2-13,19H,14-17H2,1H3/t19-/m1/s1. The van der Waals surface area contributed by atoms with Gasteiger partial charge < -0.3 is 18.8 Å². The summed E-state index contributed by atoms with van der Waals surface area (Å²) in [5.74, 6) is 2.89. The second-order valence-electron chi connectivity index (χ2n) is 7.92. The molecule has 0 aliphatic carbocycles. The molecule has 9 heteroatoms. The molecule has 174 valence electrons. The van der Waals surface area contributed by atoms with Crippen molar-refractivity contribution in [3.05, 3.63) is 78.6 Å². The van der Waals surface area contributed by atoms with Crippen LogP contribution >= 0.6 is 11.8 Å². The van der Waals surface area contributed by atoms with Crippen molar-refractivity contribution in [2.24, 2.45) is 0 Å². The number of ether oxygens (including phenoxy) is 2. The molecule has 0 N–H and O–H groups in total. The lowest BCUT2D eigenvalue weighted by Crippen LogP contribution is -2.42. The van der Waals surface area contributed by atoms with E-state index in [0.29, 0.717) is 42.2 Å². The Labute approximate surface area is 201 Å². The number of likely N-dealkylation sites (N-methyl/N-ethyl adjacent to an activating group) is 1. The van der Waals surface area contributed by atoms with Gasteiger partial charge in [0.15, 0.2) is 28.5 Å². The maximum absolute atomic E-state index is 12.9. The molecule has 3 heterocycles. The Balaban J connectivity index is 1.24. The number of fused-ring (bicyclic) bond motifs is 1. The van der Waals surface area contributed by atoms with Crippen LogP contribution in [0.15, 0.2) is 82.6 Å². The van der Waals surface area contributed by atoms with E-state index in [4.69, 9.17) is 13.9 Å². The Hall–Kier alpha value is -3.72. The van der Waals surface area contributed by atoms with Gasteiger partial charge in [-0.1, -0.05) is 54.2 Å². The fraction of sp³-hybridized carbons (Fsp3) is 0.240. The number of hydrogen-bond acceptors (Lipinski definition) is 7. The lowest BCUT2D eigenvalue weighted by atomic mass is 10.2. The van der Waals surface area contributed by atoms with Gasteiger partial charge in [0.05, 0.1) is 25.1 Å². The molecule has 0 saturated carbocycles. The third-order valence-corrected chi connectivity index (χ3v) is 6.39. The molecule has 0 spiro atoms. The molecule has 1 atom stereocenters. The molecule has 4 aromatic rings. The summed E-state index contributed by atoms with van der Waals surface area (Å²) in [6.07, 6.45) is 1.39. The van der Waals surface area contributed by atoms with Crippen molar-refractivity contribution in [1.82, 2.24) is 19.7 Å². The van der Waals surface area contributed by atoms with Crippen LogP contribution < -0.4 is 9.47 Å². The van der Waals surface area contributed by atoms with Crippen LogP contribution in [0.1, 0.15) is 5.56 Å². The second kappa shape index (κ2) is 10.0. The average molecular weight is 477 g/mol. The van der Waals surface area contributed by atoms with Gasteiger partial charge in [0, 0.05) is 7.05 Å². The molecule has 0 unspecified atom stereocenters. The molecule has 34 heavy (non-hydrogen) atoms. The predicted molar refractivity (Wildman–Crippen MR) is 128 cm³/mol. The normalized spacial score (nSPS) is 14.7. The van der Waals surface area contributed by atoms with Crippen LogP contribution in [0.4, 0.5) is 0 Å². The first-order valence-electron chi connectivity index (χ1n) is 10.9. The zero-order valence-corrected chi connectivity index (χ0v) is 19.5. The minimum absolute atomic E-state index is 0.0266. The molecule has 0 saturated heterocycles. The molecule has 1 amide bonds.